The van der Waals surface area contributed by atoms with Gasteiger partial charge in [-0.2, -0.15) is 11.8 Å². The molecule has 2 unspecified atom stereocenters. The maximum atomic E-state index is 11.1. The van der Waals surface area contributed by atoms with Crippen LogP contribution in [0.15, 0.2) is 11.4 Å². The van der Waals surface area contributed by atoms with Gasteiger partial charge in [0, 0.05) is 30.1 Å². The summed E-state index contributed by atoms with van der Waals surface area (Å²) in [6, 6.07) is 2.45. The summed E-state index contributed by atoms with van der Waals surface area (Å²) in [5.41, 5.74) is 0.952. The fraction of sp³-hybridized carbons (Fsp3) is 0.583. The van der Waals surface area contributed by atoms with Crippen LogP contribution < -0.4 is 0 Å². The van der Waals surface area contributed by atoms with Gasteiger partial charge in [0.1, 0.15) is 4.88 Å². The van der Waals surface area contributed by atoms with Crippen LogP contribution in [0.25, 0.3) is 0 Å². The molecule has 2 atom stereocenters. The van der Waals surface area contributed by atoms with Gasteiger partial charge in [-0.25, -0.2) is 4.79 Å². The van der Waals surface area contributed by atoms with Gasteiger partial charge >= 0.3 is 5.97 Å². The number of carboxylic acid groups (broad SMARTS) is 1. The van der Waals surface area contributed by atoms with Crippen molar-refractivity contribution < 1.29 is 9.90 Å². The second-order valence-electron chi connectivity index (χ2n) is 4.37. The van der Waals surface area contributed by atoms with Crippen LogP contribution in [-0.2, 0) is 6.54 Å². The molecule has 1 aliphatic rings. The van der Waals surface area contributed by atoms with E-state index in [1.165, 1.54) is 11.3 Å². The molecule has 1 aromatic rings. The summed E-state index contributed by atoms with van der Waals surface area (Å²) in [4.78, 5) is 13.9. The van der Waals surface area contributed by atoms with E-state index in [9.17, 15) is 4.79 Å². The Hall–Kier alpha value is -0.520. The number of carbonyl (C=O) groups is 1. The lowest BCUT2D eigenvalue weighted by Crippen LogP contribution is -2.44. The van der Waals surface area contributed by atoms with Crippen molar-refractivity contribution in [3.63, 3.8) is 0 Å². The molecule has 1 saturated heterocycles. The second-order valence-corrected chi connectivity index (χ2v) is 6.77. The zero-order chi connectivity index (χ0) is 12.4. The minimum atomic E-state index is -0.804. The van der Waals surface area contributed by atoms with Gasteiger partial charge in [0.05, 0.1) is 0 Å². The molecule has 0 bridgehead atoms. The molecule has 0 saturated carbocycles. The standard InChI is InChI=1S/C12H17NO2S2/c1-8-9(2)16-6-4-13(8)7-10-3-5-17-11(10)12(14)15/h3,5,8-9H,4,6-7H2,1-2H3,(H,14,15). The fourth-order valence-corrected chi connectivity index (χ4v) is 4.00. The van der Waals surface area contributed by atoms with Crippen LogP contribution in [0.5, 0.6) is 0 Å². The SMILES string of the molecule is CC1SCCN(Cc2ccsc2C(=O)O)C1C. The van der Waals surface area contributed by atoms with Crippen molar-refractivity contribution in [1.29, 1.82) is 0 Å². The number of nitrogens with zero attached hydrogens (tertiary/aromatic N) is 1. The van der Waals surface area contributed by atoms with Crippen molar-refractivity contribution in [2.45, 2.75) is 31.7 Å². The Morgan fingerprint density at radius 2 is 2.35 bits per heavy atom. The highest BCUT2D eigenvalue weighted by atomic mass is 32.2. The Bertz CT molecular complexity index is 405. The molecule has 0 aliphatic carbocycles. The normalized spacial score (nSPS) is 26.0. The van der Waals surface area contributed by atoms with Crippen molar-refractivity contribution in [2.75, 3.05) is 12.3 Å². The summed E-state index contributed by atoms with van der Waals surface area (Å²) in [7, 11) is 0. The van der Waals surface area contributed by atoms with Gasteiger partial charge in [0.25, 0.3) is 0 Å². The molecule has 2 heterocycles. The average molecular weight is 271 g/mol. The van der Waals surface area contributed by atoms with Crippen LogP contribution in [-0.4, -0.2) is 39.6 Å². The number of carboxylic acids is 1. The van der Waals surface area contributed by atoms with Crippen molar-refractivity contribution in [3.05, 3.63) is 21.9 Å². The lowest BCUT2D eigenvalue weighted by molar-refractivity contribution is 0.0699. The first-order valence-corrected chi connectivity index (χ1v) is 7.67. The van der Waals surface area contributed by atoms with Crippen LogP contribution >= 0.6 is 23.1 Å². The highest BCUT2D eigenvalue weighted by Crippen LogP contribution is 2.27. The molecule has 2 rings (SSSR count). The maximum absolute atomic E-state index is 11.1. The summed E-state index contributed by atoms with van der Waals surface area (Å²) < 4.78 is 0. The van der Waals surface area contributed by atoms with Crippen LogP contribution in [0, 0.1) is 0 Å². The number of rotatable bonds is 3. The van der Waals surface area contributed by atoms with E-state index in [-0.39, 0.29) is 0 Å². The van der Waals surface area contributed by atoms with Gasteiger partial charge in [0.2, 0.25) is 0 Å². The van der Waals surface area contributed by atoms with Crippen LogP contribution in [0.1, 0.15) is 29.1 Å². The highest BCUT2D eigenvalue weighted by Gasteiger charge is 2.26. The van der Waals surface area contributed by atoms with Gasteiger partial charge in [-0.1, -0.05) is 6.92 Å². The van der Waals surface area contributed by atoms with Crippen molar-refractivity contribution in [2.24, 2.45) is 0 Å². The molecule has 3 nitrogen and oxygen atoms in total. The smallest absolute Gasteiger partial charge is 0.346 e. The number of hydrogen-bond donors (Lipinski definition) is 1. The van der Waals surface area contributed by atoms with E-state index in [0.717, 1.165) is 24.4 Å². The molecule has 5 heteroatoms. The summed E-state index contributed by atoms with van der Waals surface area (Å²) >= 11 is 3.31. The summed E-state index contributed by atoms with van der Waals surface area (Å²) in [5, 5.41) is 11.6. The Morgan fingerprint density at radius 1 is 1.59 bits per heavy atom. The van der Waals surface area contributed by atoms with Crippen LogP contribution in [0.2, 0.25) is 0 Å². The quantitative estimate of drug-likeness (QED) is 0.917. The van der Waals surface area contributed by atoms with E-state index in [4.69, 9.17) is 5.11 Å². The topological polar surface area (TPSA) is 40.5 Å². The molecule has 1 aromatic heterocycles. The molecule has 0 aromatic carbocycles. The first-order valence-electron chi connectivity index (χ1n) is 5.75. The number of thiophene rings is 1. The van der Waals surface area contributed by atoms with E-state index >= 15 is 0 Å². The lowest BCUT2D eigenvalue weighted by atomic mass is 10.1. The Kier molecular flexibility index (Phi) is 4.12. The van der Waals surface area contributed by atoms with Gasteiger partial charge in [0.15, 0.2) is 0 Å². The molecule has 17 heavy (non-hydrogen) atoms. The van der Waals surface area contributed by atoms with E-state index in [1.54, 1.807) is 0 Å². The maximum Gasteiger partial charge on any atom is 0.346 e. The first kappa shape index (κ1) is 12.9. The highest BCUT2D eigenvalue weighted by molar-refractivity contribution is 8.00. The van der Waals surface area contributed by atoms with Gasteiger partial charge in [-0.15, -0.1) is 11.3 Å². The molecular formula is C12H17NO2S2. The third kappa shape index (κ3) is 2.84. The third-order valence-corrected chi connectivity index (χ3v) is 5.61. The molecule has 0 amide bonds. The van der Waals surface area contributed by atoms with E-state index < -0.39 is 5.97 Å². The van der Waals surface area contributed by atoms with E-state index in [2.05, 4.69) is 18.7 Å². The molecule has 1 aliphatic heterocycles. The average Bonchev–Trinajstić information content (AvgIpc) is 2.73. The number of thioether (sulfide) groups is 1. The van der Waals surface area contributed by atoms with Crippen LogP contribution in [0.3, 0.4) is 0 Å². The molecule has 1 fully saturated rings. The molecule has 1 N–H and O–H groups in total. The number of hydrogen-bond acceptors (Lipinski definition) is 4. The monoisotopic (exact) mass is 271 g/mol. The Morgan fingerprint density at radius 3 is 3.06 bits per heavy atom. The molecule has 0 spiro atoms. The molecule has 94 valence electrons. The minimum absolute atomic E-state index is 0.489. The van der Waals surface area contributed by atoms with Crippen LogP contribution in [0.4, 0.5) is 0 Å². The lowest BCUT2D eigenvalue weighted by Gasteiger charge is -2.37. The second kappa shape index (κ2) is 5.42. The predicted octanol–water partition coefficient (Wildman–Crippen LogP) is 2.77. The number of aromatic carboxylic acids is 1. The predicted molar refractivity (Wildman–Crippen MR) is 73.1 cm³/mol. The van der Waals surface area contributed by atoms with Crippen molar-refractivity contribution >= 4 is 29.1 Å². The van der Waals surface area contributed by atoms with E-state index in [1.807, 2.05) is 23.2 Å². The fourth-order valence-electron chi connectivity index (χ4n) is 2.09. The summed E-state index contributed by atoms with van der Waals surface area (Å²) in [6.45, 7) is 6.28. The van der Waals surface area contributed by atoms with Gasteiger partial charge < -0.3 is 5.11 Å². The zero-order valence-electron chi connectivity index (χ0n) is 10.0. The van der Waals surface area contributed by atoms with Crippen molar-refractivity contribution in [1.82, 2.24) is 4.90 Å². The molecular weight excluding hydrogens is 254 g/mol. The Balaban J connectivity index is 2.09. The van der Waals surface area contributed by atoms with E-state index in [0.29, 0.717) is 16.2 Å². The largest absolute Gasteiger partial charge is 0.477 e. The molecule has 0 radical (unpaired) electrons. The zero-order valence-corrected chi connectivity index (χ0v) is 11.7. The third-order valence-electron chi connectivity index (χ3n) is 3.33. The van der Waals surface area contributed by atoms with Gasteiger partial charge in [-0.3, -0.25) is 4.90 Å². The Labute approximate surface area is 110 Å². The summed E-state index contributed by atoms with van der Waals surface area (Å²) in [6.07, 6.45) is 0. The van der Waals surface area contributed by atoms with Gasteiger partial charge in [-0.05, 0) is 23.9 Å². The van der Waals surface area contributed by atoms with Crippen molar-refractivity contribution in [3.8, 4) is 0 Å². The first-order chi connectivity index (χ1) is 8.09. The summed E-state index contributed by atoms with van der Waals surface area (Å²) in [5.74, 6) is 0.333. The minimum Gasteiger partial charge on any atom is -0.477 e.